The molecule has 14 heavy (non-hydrogen) atoms. The van der Waals surface area contributed by atoms with E-state index in [0.717, 1.165) is 38.9 Å². The van der Waals surface area contributed by atoms with Crippen LogP contribution in [0, 0.1) is 16.7 Å². The molecule has 0 aromatic carbocycles. The Kier molecular flexibility index (Phi) is 3.91. The van der Waals surface area contributed by atoms with E-state index in [1.54, 1.807) is 0 Å². The van der Waals surface area contributed by atoms with Crippen molar-refractivity contribution in [3.8, 4) is 6.07 Å². The molecule has 0 radical (unpaired) electrons. The van der Waals surface area contributed by atoms with Crippen molar-refractivity contribution in [1.82, 2.24) is 4.90 Å². The zero-order valence-corrected chi connectivity index (χ0v) is 9.16. The summed E-state index contributed by atoms with van der Waals surface area (Å²) >= 11 is 0. The fourth-order valence-electron chi connectivity index (χ4n) is 1.68. The number of hydrogen-bond donors (Lipinski definition) is 1. The van der Waals surface area contributed by atoms with Crippen LogP contribution in [0.2, 0.25) is 0 Å². The maximum atomic E-state index is 9.06. The number of nitrogens with zero attached hydrogens (tertiary/aromatic N) is 2. The quantitative estimate of drug-likeness (QED) is 0.676. The Balaban J connectivity index is 1.98. The highest BCUT2D eigenvalue weighted by atomic mass is 16.3. The highest BCUT2D eigenvalue weighted by molar-refractivity contribution is 4.91. The van der Waals surface area contributed by atoms with E-state index in [1.165, 1.54) is 0 Å². The SMILES string of the molecule is CC(C)(C#N)CCCCN1CC(O)C1. The number of unbranched alkanes of at least 4 members (excludes halogenated alkanes) is 1. The molecule has 0 aliphatic carbocycles. The van der Waals surface area contributed by atoms with Crippen LogP contribution in [0.25, 0.3) is 0 Å². The molecule has 1 N–H and O–H groups in total. The number of aliphatic hydroxyl groups is 1. The third-order valence-corrected chi connectivity index (χ3v) is 2.77. The molecule has 3 heteroatoms. The van der Waals surface area contributed by atoms with Gasteiger partial charge in [0.1, 0.15) is 0 Å². The molecule has 0 amide bonds. The summed E-state index contributed by atoms with van der Waals surface area (Å²) < 4.78 is 0. The minimum absolute atomic E-state index is 0.0921. The molecule has 0 spiro atoms. The predicted octanol–water partition coefficient (Wildman–Crippen LogP) is 1.38. The molecule has 3 nitrogen and oxygen atoms in total. The first kappa shape index (κ1) is 11.5. The first-order valence-corrected chi connectivity index (χ1v) is 5.35. The van der Waals surface area contributed by atoms with Gasteiger partial charge in [0.25, 0.3) is 0 Å². The molecule has 0 atom stereocenters. The first-order chi connectivity index (χ1) is 6.53. The van der Waals surface area contributed by atoms with Crippen LogP contribution < -0.4 is 0 Å². The Bertz CT molecular complexity index is 214. The van der Waals surface area contributed by atoms with Gasteiger partial charge in [0.15, 0.2) is 0 Å². The maximum absolute atomic E-state index is 9.06. The summed E-state index contributed by atoms with van der Waals surface area (Å²) in [4.78, 5) is 2.25. The molecule has 1 aliphatic heterocycles. The zero-order valence-electron chi connectivity index (χ0n) is 9.16. The molecule has 0 saturated carbocycles. The van der Waals surface area contributed by atoms with Crippen molar-refractivity contribution in [1.29, 1.82) is 5.26 Å². The Morgan fingerprint density at radius 3 is 2.57 bits per heavy atom. The van der Waals surface area contributed by atoms with Crippen LogP contribution in [-0.2, 0) is 0 Å². The van der Waals surface area contributed by atoms with E-state index >= 15 is 0 Å². The third kappa shape index (κ3) is 3.65. The summed E-state index contributed by atoms with van der Waals surface area (Å²) in [6.07, 6.45) is 3.12. The van der Waals surface area contributed by atoms with Crippen LogP contribution in [0.1, 0.15) is 33.1 Å². The predicted molar refractivity (Wildman–Crippen MR) is 55.7 cm³/mol. The van der Waals surface area contributed by atoms with Gasteiger partial charge in [-0.15, -0.1) is 0 Å². The lowest BCUT2D eigenvalue weighted by atomic mass is 9.89. The number of β-amino-alcohol motifs (C(OH)–C–C–N with tert-alkyl or cyclic N) is 1. The Morgan fingerprint density at radius 1 is 1.43 bits per heavy atom. The second-order valence-corrected chi connectivity index (χ2v) is 4.87. The Morgan fingerprint density at radius 2 is 2.07 bits per heavy atom. The molecular weight excluding hydrogens is 176 g/mol. The normalized spacial score (nSPS) is 19.0. The largest absolute Gasteiger partial charge is 0.390 e. The fourth-order valence-corrected chi connectivity index (χ4v) is 1.68. The van der Waals surface area contributed by atoms with Crippen molar-refractivity contribution in [3.05, 3.63) is 0 Å². The second kappa shape index (κ2) is 4.77. The number of likely N-dealkylation sites (tertiary alicyclic amines) is 1. The summed E-state index contributed by atoms with van der Waals surface area (Å²) in [5, 5.41) is 17.9. The highest BCUT2D eigenvalue weighted by Gasteiger charge is 2.23. The van der Waals surface area contributed by atoms with Gasteiger partial charge in [-0.05, 0) is 33.2 Å². The van der Waals surface area contributed by atoms with E-state index < -0.39 is 0 Å². The summed E-state index contributed by atoms with van der Waals surface area (Å²) in [7, 11) is 0. The summed E-state index contributed by atoms with van der Waals surface area (Å²) in [5.74, 6) is 0. The molecule has 1 aliphatic rings. The van der Waals surface area contributed by atoms with Crippen LogP contribution in [0.15, 0.2) is 0 Å². The van der Waals surface area contributed by atoms with Crippen molar-refractivity contribution in [2.45, 2.75) is 39.2 Å². The summed E-state index contributed by atoms with van der Waals surface area (Å²) in [6, 6.07) is 2.31. The van der Waals surface area contributed by atoms with Gasteiger partial charge in [0, 0.05) is 13.1 Å². The van der Waals surface area contributed by atoms with Crippen LogP contribution in [-0.4, -0.2) is 35.7 Å². The van der Waals surface area contributed by atoms with Crippen LogP contribution in [0.4, 0.5) is 0 Å². The van der Waals surface area contributed by atoms with Crippen LogP contribution in [0.3, 0.4) is 0 Å². The third-order valence-electron chi connectivity index (χ3n) is 2.77. The monoisotopic (exact) mass is 196 g/mol. The van der Waals surface area contributed by atoms with E-state index in [4.69, 9.17) is 10.4 Å². The maximum Gasteiger partial charge on any atom is 0.0793 e. The van der Waals surface area contributed by atoms with Crippen molar-refractivity contribution in [3.63, 3.8) is 0 Å². The van der Waals surface area contributed by atoms with Crippen LogP contribution >= 0.6 is 0 Å². The summed E-state index contributed by atoms with van der Waals surface area (Å²) in [5.41, 5.74) is -0.172. The highest BCUT2D eigenvalue weighted by Crippen LogP contribution is 2.22. The standard InChI is InChI=1S/C11H20N2O/c1-11(2,9-12)5-3-4-6-13-7-10(14)8-13/h10,14H,3-8H2,1-2H3. The van der Waals surface area contributed by atoms with Crippen LogP contribution in [0.5, 0.6) is 0 Å². The topological polar surface area (TPSA) is 47.3 Å². The van der Waals surface area contributed by atoms with Gasteiger partial charge in [-0.1, -0.05) is 6.42 Å². The average molecular weight is 196 g/mol. The number of aliphatic hydroxyl groups excluding tert-OH is 1. The van der Waals surface area contributed by atoms with E-state index in [2.05, 4.69) is 11.0 Å². The lowest BCUT2D eigenvalue weighted by Gasteiger charge is -2.35. The molecule has 1 heterocycles. The molecule has 0 aromatic heterocycles. The smallest absolute Gasteiger partial charge is 0.0793 e. The van der Waals surface area contributed by atoms with E-state index in [-0.39, 0.29) is 11.5 Å². The average Bonchev–Trinajstić information content (AvgIpc) is 2.09. The molecule has 1 rings (SSSR count). The van der Waals surface area contributed by atoms with E-state index in [9.17, 15) is 0 Å². The van der Waals surface area contributed by atoms with Crippen molar-refractivity contribution >= 4 is 0 Å². The lowest BCUT2D eigenvalue weighted by molar-refractivity contribution is 0.00126. The van der Waals surface area contributed by atoms with Crippen molar-refractivity contribution in [2.75, 3.05) is 19.6 Å². The lowest BCUT2D eigenvalue weighted by Crippen LogP contribution is -2.50. The fraction of sp³-hybridized carbons (Fsp3) is 0.909. The first-order valence-electron chi connectivity index (χ1n) is 5.35. The Hall–Kier alpha value is -0.590. The number of nitriles is 1. The van der Waals surface area contributed by atoms with Gasteiger partial charge in [-0.3, -0.25) is 4.90 Å². The summed E-state index contributed by atoms with van der Waals surface area (Å²) in [6.45, 7) is 6.71. The van der Waals surface area contributed by atoms with Gasteiger partial charge in [-0.2, -0.15) is 5.26 Å². The molecule has 1 saturated heterocycles. The van der Waals surface area contributed by atoms with E-state index in [1.807, 2.05) is 13.8 Å². The molecule has 0 aromatic rings. The second-order valence-electron chi connectivity index (χ2n) is 4.87. The van der Waals surface area contributed by atoms with E-state index in [0.29, 0.717) is 0 Å². The molecule has 0 bridgehead atoms. The Labute approximate surface area is 86.3 Å². The van der Waals surface area contributed by atoms with Crippen molar-refractivity contribution in [2.24, 2.45) is 5.41 Å². The molecular formula is C11H20N2O. The number of hydrogen-bond acceptors (Lipinski definition) is 3. The van der Waals surface area contributed by atoms with Gasteiger partial charge in [0.2, 0.25) is 0 Å². The minimum atomic E-state index is -0.172. The van der Waals surface area contributed by atoms with Crippen molar-refractivity contribution < 1.29 is 5.11 Å². The molecule has 0 unspecified atom stereocenters. The zero-order chi connectivity index (χ0) is 10.6. The molecule has 1 fully saturated rings. The van der Waals surface area contributed by atoms with Gasteiger partial charge in [0.05, 0.1) is 17.6 Å². The molecule has 80 valence electrons. The van der Waals surface area contributed by atoms with Gasteiger partial charge in [-0.25, -0.2) is 0 Å². The minimum Gasteiger partial charge on any atom is -0.390 e. The van der Waals surface area contributed by atoms with Gasteiger partial charge < -0.3 is 5.11 Å². The number of rotatable bonds is 5. The van der Waals surface area contributed by atoms with Gasteiger partial charge >= 0.3 is 0 Å².